The van der Waals surface area contributed by atoms with Gasteiger partial charge in [0.2, 0.25) is 10.0 Å². The zero-order valence-electron chi connectivity index (χ0n) is 7.16. The van der Waals surface area contributed by atoms with Crippen LogP contribution in [0.25, 0.3) is 0 Å². The third-order valence-corrected chi connectivity index (χ3v) is 1.95. The van der Waals surface area contributed by atoms with Gasteiger partial charge in [-0.3, -0.25) is 4.99 Å². The summed E-state index contributed by atoms with van der Waals surface area (Å²) in [5, 5.41) is 4.76. The second kappa shape index (κ2) is 5.10. The van der Waals surface area contributed by atoms with Crippen molar-refractivity contribution < 1.29 is 8.42 Å². The summed E-state index contributed by atoms with van der Waals surface area (Å²) in [6, 6.07) is 0. The van der Waals surface area contributed by atoms with Crippen LogP contribution < -0.4 is 10.9 Å². The summed E-state index contributed by atoms with van der Waals surface area (Å²) >= 11 is 0. The van der Waals surface area contributed by atoms with Crippen molar-refractivity contribution in [2.45, 2.75) is 19.8 Å². The number of primary sulfonamides is 1. The van der Waals surface area contributed by atoms with Crippen molar-refractivity contribution in [1.29, 1.82) is 0 Å². The van der Waals surface area contributed by atoms with Gasteiger partial charge in [-0.15, -0.1) is 0 Å². The molecule has 72 valence electrons. The second-order valence-corrected chi connectivity index (χ2v) is 4.22. The highest BCUT2D eigenvalue weighted by atomic mass is 32.2. The van der Waals surface area contributed by atoms with Gasteiger partial charge in [-0.1, -0.05) is 6.92 Å². The van der Waals surface area contributed by atoms with Crippen LogP contribution in [0.4, 0.5) is 0 Å². The fourth-order valence-electron chi connectivity index (χ4n) is 0.652. The highest BCUT2D eigenvalue weighted by Crippen LogP contribution is 1.87. The molecule has 0 aliphatic heterocycles. The molecule has 0 saturated carbocycles. The van der Waals surface area contributed by atoms with Crippen molar-refractivity contribution >= 4 is 15.9 Å². The number of nitrogens with two attached hydrogens (primary N) is 2. The Kier molecular flexibility index (Phi) is 4.84. The van der Waals surface area contributed by atoms with Crippen molar-refractivity contribution in [3.63, 3.8) is 0 Å². The quantitative estimate of drug-likeness (QED) is 0.452. The number of rotatable bonds is 5. The summed E-state index contributed by atoms with van der Waals surface area (Å²) in [7, 11) is -3.40. The van der Waals surface area contributed by atoms with E-state index < -0.39 is 10.0 Å². The van der Waals surface area contributed by atoms with Crippen LogP contribution in [0.5, 0.6) is 0 Å². The lowest BCUT2D eigenvalue weighted by Gasteiger charge is -1.97. The van der Waals surface area contributed by atoms with Gasteiger partial charge in [0.15, 0.2) is 0 Å². The zero-order chi connectivity index (χ0) is 9.61. The van der Waals surface area contributed by atoms with Crippen molar-refractivity contribution in [3.8, 4) is 0 Å². The first-order chi connectivity index (χ1) is 5.45. The number of aliphatic imine (C=N–C) groups is 1. The van der Waals surface area contributed by atoms with Gasteiger partial charge in [-0.05, 0) is 6.42 Å². The molecule has 0 spiro atoms. The topological polar surface area (TPSA) is 98.5 Å². The second-order valence-electron chi connectivity index (χ2n) is 2.49. The van der Waals surface area contributed by atoms with E-state index in [2.05, 4.69) is 4.99 Å². The van der Waals surface area contributed by atoms with E-state index in [0.717, 1.165) is 6.42 Å². The van der Waals surface area contributed by atoms with Gasteiger partial charge in [0.05, 0.1) is 18.1 Å². The zero-order valence-corrected chi connectivity index (χ0v) is 7.97. The molecule has 0 rings (SSSR count). The molecule has 12 heavy (non-hydrogen) atoms. The monoisotopic (exact) mass is 193 g/mol. The summed E-state index contributed by atoms with van der Waals surface area (Å²) in [4.78, 5) is 3.83. The maximum absolute atomic E-state index is 10.4. The summed E-state index contributed by atoms with van der Waals surface area (Å²) in [5.41, 5.74) is 5.43. The van der Waals surface area contributed by atoms with Gasteiger partial charge in [-0.25, -0.2) is 13.6 Å². The average molecular weight is 193 g/mol. The molecule has 0 bridgehead atoms. The van der Waals surface area contributed by atoms with Gasteiger partial charge in [0.25, 0.3) is 0 Å². The molecule has 0 aliphatic carbocycles. The predicted molar refractivity (Wildman–Crippen MR) is 49.4 cm³/mol. The molecule has 4 N–H and O–H groups in total. The lowest BCUT2D eigenvalue weighted by Crippen LogP contribution is -2.20. The van der Waals surface area contributed by atoms with Gasteiger partial charge in [-0.2, -0.15) is 0 Å². The Labute approximate surface area is 72.9 Å². The van der Waals surface area contributed by atoms with E-state index in [1.807, 2.05) is 6.92 Å². The number of nitrogens with zero attached hydrogens (tertiary/aromatic N) is 1. The molecule has 0 saturated heterocycles. The molecule has 0 amide bonds. The first-order valence-corrected chi connectivity index (χ1v) is 5.46. The van der Waals surface area contributed by atoms with E-state index in [1.165, 1.54) is 0 Å². The summed E-state index contributed by atoms with van der Waals surface area (Å²) < 4.78 is 20.9. The molecule has 0 unspecified atom stereocenters. The minimum atomic E-state index is -3.40. The molecule has 0 radical (unpaired) electrons. The summed E-state index contributed by atoms with van der Waals surface area (Å²) in [6.45, 7) is 2.13. The maximum atomic E-state index is 10.4. The largest absolute Gasteiger partial charge is 0.387 e. The Hall–Kier alpha value is -0.620. The predicted octanol–water partition coefficient (Wildman–Crippen LogP) is -0.568. The van der Waals surface area contributed by atoms with E-state index >= 15 is 0 Å². The average Bonchev–Trinajstić information content (AvgIpc) is 1.84. The van der Waals surface area contributed by atoms with Crippen molar-refractivity contribution in [1.82, 2.24) is 0 Å². The molecule has 0 aromatic carbocycles. The van der Waals surface area contributed by atoms with Crippen LogP contribution in [-0.4, -0.2) is 26.6 Å². The van der Waals surface area contributed by atoms with E-state index in [9.17, 15) is 8.42 Å². The smallest absolute Gasteiger partial charge is 0.210 e. The van der Waals surface area contributed by atoms with Gasteiger partial charge < -0.3 is 5.73 Å². The highest BCUT2D eigenvalue weighted by molar-refractivity contribution is 7.89. The van der Waals surface area contributed by atoms with E-state index in [-0.39, 0.29) is 12.3 Å². The fraction of sp³-hybridized carbons (Fsp3) is 0.833. The van der Waals surface area contributed by atoms with Crippen molar-refractivity contribution in [2.24, 2.45) is 15.9 Å². The minimum absolute atomic E-state index is 0.141. The van der Waals surface area contributed by atoms with E-state index in [0.29, 0.717) is 12.3 Å². The first-order valence-electron chi connectivity index (χ1n) is 3.75. The number of sulfonamides is 1. The molecular weight excluding hydrogens is 178 g/mol. The highest BCUT2D eigenvalue weighted by Gasteiger charge is 2.00. The normalized spacial score (nSPS) is 13.3. The fourth-order valence-corrected chi connectivity index (χ4v) is 0.997. The van der Waals surface area contributed by atoms with Gasteiger partial charge in [0, 0.05) is 6.42 Å². The Bertz CT molecular complexity index is 246. The third kappa shape index (κ3) is 7.49. The number of hydrogen-bond donors (Lipinski definition) is 2. The minimum Gasteiger partial charge on any atom is -0.387 e. The van der Waals surface area contributed by atoms with Crippen LogP contribution in [0.2, 0.25) is 0 Å². The van der Waals surface area contributed by atoms with Crippen LogP contribution in [0.15, 0.2) is 4.99 Å². The van der Waals surface area contributed by atoms with Crippen LogP contribution in [0.1, 0.15) is 19.8 Å². The van der Waals surface area contributed by atoms with E-state index in [1.54, 1.807) is 0 Å². The van der Waals surface area contributed by atoms with Gasteiger partial charge >= 0.3 is 0 Å². The molecule has 0 atom stereocenters. The Morgan fingerprint density at radius 3 is 2.50 bits per heavy atom. The Balaban J connectivity index is 3.75. The number of hydrogen-bond acceptors (Lipinski definition) is 3. The molecule has 0 heterocycles. The molecule has 0 aliphatic rings. The Morgan fingerprint density at radius 1 is 1.50 bits per heavy atom. The van der Waals surface area contributed by atoms with Crippen LogP contribution >= 0.6 is 0 Å². The summed E-state index contributed by atoms with van der Waals surface area (Å²) in [5.74, 6) is 0.346. The van der Waals surface area contributed by atoms with Crippen LogP contribution in [0.3, 0.4) is 0 Å². The molecule has 0 aromatic heterocycles. The first kappa shape index (κ1) is 11.4. The molecular formula is C6H15N3O2S. The van der Waals surface area contributed by atoms with Gasteiger partial charge in [0.1, 0.15) is 0 Å². The Morgan fingerprint density at radius 2 is 2.08 bits per heavy atom. The van der Waals surface area contributed by atoms with Crippen LogP contribution in [0, 0.1) is 0 Å². The SMILES string of the molecule is CCCC(N)=NCCS(N)(=O)=O. The lowest BCUT2D eigenvalue weighted by molar-refractivity contribution is 0.597. The van der Waals surface area contributed by atoms with Crippen molar-refractivity contribution in [2.75, 3.05) is 12.3 Å². The molecule has 0 fully saturated rings. The molecule has 5 nitrogen and oxygen atoms in total. The standard InChI is InChI=1S/C6H15N3O2S/c1-2-3-6(7)9-4-5-12(8,10)11/h2-5H2,1H3,(H2,7,9)(H2,8,10,11). The van der Waals surface area contributed by atoms with Crippen LogP contribution in [-0.2, 0) is 10.0 Å². The third-order valence-electron chi connectivity index (χ3n) is 1.20. The maximum Gasteiger partial charge on any atom is 0.210 e. The van der Waals surface area contributed by atoms with E-state index in [4.69, 9.17) is 10.9 Å². The molecule has 6 heteroatoms. The lowest BCUT2D eigenvalue weighted by atomic mass is 10.3. The molecule has 0 aromatic rings. The number of amidine groups is 1. The summed E-state index contributed by atoms with van der Waals surface area (Å²) in [6.07, 6.45) is 1.61. The van der Waals surface area contributed by atoms with Crippen molar-refractivity contribution in [3.05, 3.63) is 0 Å².